The highest BCUT2D eigenvalue weighted by atomic mass is 32.2. The maximum atomic E-state index is 2.82. The Morgan fingerprint density at radius 2 is 1.21 bits per heavy atom. The summed E-state index contributed by atoms with van der Waals surface area (Å²) in [6.07, 6.45) is 0. The van der Waals surface area contributed by atoms with Crippen LogP contribution in [0.25, 0.3) is 0 Å². The lowest BCUT2D eigenvalue weighted by molar-refractivity contribution is 0.0491. The molecule has 0 aliphatic carbocycles. The number of nitrogens with zero attached hydrogens (tertiary/aromatic N) is 1. The lowest BCUT2D eigenvalue weighted by Gasteiger charge is -2.54. The molecule has 19 heavy (non-hydrogen) atoms. The zero-order chi connectivity index (χ0) is 14.9. The van der Waals surface area contributed by atoms with Gasteiger partial charge in [0.2, 0.25) is 0 Å². The Hall–Kier alpha value is 0.310. The van der Waals surface area contributed by atoms with Crippen LogP contribution in [0.3, 0.4) is 0 Å². The average Bonchev–Trinajstić information content (AvgIpc) is 2.26. The van der Waals surface area contributed by atoms with E-state index in [0.717, 1.165) is 34.3 Å². The fourth-order valence-corrected chi connectivity index (χ4v) is 5.77. The molecule has 1 rings (SSSR count). The van der Waals surface area contributed by atoms with E-state index in [9.17, 15) is 0 Å². The predicted octanol–water partition coefficient (Wildman–Crippen LogP) is 4.91. The first-order valence-electron chi connectivity index (χ1n) is 8.11. The van der Waals surface area contributed by atoms with Crippen LogP contribution in [0.5, 0.6) is 0 Å². The van der Waals surface area contributed by atoms with Crippen LogP contribution >= 0.6 is 11.8 Å². The van der Waals surface area contributed by atoms with E-state index in [1.165, 1.54) is 0 Å². The molecule has 0 saturated carbocycles. The molecule has 1 heterocycles. The van der Waals surface area contributed by atoms with Crippen molar-refractivity contribution in [2.24, 2.45) is 17.8 Å². The van der Waals surface area contributed by atoms with Crippen molar-refractivity contribution in [3.05, 3.63) is 0 Å². The third-order valence-corrected chi connectivity index (χ3v) is 6.92. The molecular weight excluding hydrogens is 250 g/mol. The Balaban J connectivity index is 3.11. The minimum Gasteiger partial charge on any atom is -0.293 e. The zero-order valence-electron chi connectivity index (χ0n) is 14.5. The van der Waals surface area contributed by atoms with Gasteiger partial charge in [0.25, 0.3) is 0 Å². The summed E-state index contributed by atoms with van der Waals surface area (Å²) in [7, 11) is 0. The summed E-state index contributed by atoms with van der Waals surface area (Å²) >= 11 is 2.27. The fraction of sp³-hybridized carbons (Fsp3) is 1.00. The molecule has 1 aliphatic rings. The smallest absolute Gasteiger partial charge is 0.0246 e. The molecule has 2 heteroatoms. The molecule has 1 aliphatic heterocycles. The quantitative estimate of drug-likeness (QED) is 0.722. The second-order valence-electron chi connectivity index (χ2n) is 7.57. The Bertz CT molecular complexity index is 272. The monoisotopic (exact) mass is 285 g/mol. The van der Waals surface area contributed by atoms with Crippen molar-refractivity contribution >= 4 is 11.8 Å². The Labute approximate surface area is 125 Å². The molecule has 0 aromatic rings. The molecule has 0 spiro atoms. The summed E-state index contributed by atoms with van der Waals surface area (Å²) in [5.74, 6) is 2.25. The average molecular weight is 286 g/mol. The highest BCUT2D eigenvalue weighted by molar-refractivity contribution is 8.00. The van der Waals surface area contributed by atoms with Gasteiger partial charge in [-0.05, 0) is 38.5 Å². The van der Waals surface area contributed by atoms with Crippen molar-refractivity contribution in [3.63, 3.8) is 0 Å². The molecule has 1 nitrogen and oxygen atoms in total. The van der Waals surface area contributed by atoms with Gasteiger partial charge >= 0.3 is 0 Å². The Morgan fingerprint density at radius 1 is 0.737 bits per heavy atom. The fourth-order valence-electron chi connectivity index (χ4n) is 3.79. The number of hydrogen-bond donors (Lipinski definition) is 0. The van der Waals surface area contributed by atoms with E-state index in [2.05, 4.69) is 79.0 Å². The molecule has 0 aromatic heterocycles. The molecular formula is C17H35NS. The van der Waals surface area contributed by atoms with Gasteiger partial charge in [0, 0.05) is 28.6 Å². The first-order valence-corrected chi connectivity index (χ1v) is 9.05. The topological polar surface area (TPSA) is 3.24 Å². The van der Waals surface area contributed by atoms with Gasteiger partial charge in [-0.2, -0.15) is 11.8 Å². The van der Waals surface area contributed by atoms with Crippen LogP contribution in [0.2, 0.25) is 0 Å². The van der Waals surface area contributed by atoms with Gasteiger partial charge in [-0.25, -0.2) is 0 Å². The van der Waals surface area contributed by atoms with Crippen molar-refractivity contribution in [2.75, 3.05) is 0 Å². The summed E-state index contributed by atoms with van der Waals surface area (Å²) in [6, 6.07) is 2.05. The Kier molecular flexibility index (Phi) is 6.26. The molecule has 4 atom stereocenters. The van der Waals surface area contributed by atoms with E-state index in [1.54, 1.807) is 0 Å². The minimum atomic E-state index is 0.644. The summed E-state index contributed by atoms with van der Waals surface area (Å²) < 4.78 is 0. The van der Waals surface area contributed by atoms with Gasteiger partial charge in [-0.3, -0.25) is 4.90 Å². The summed E-state index contributed by atoms with van der Waals surface area (Å²) in [5, 5.41) is 1.54. The van der Waals surface area contributed by atoms with Crippen molar-refractivity contribution < 1.29 is 0 Å². The predicted molar refractivity (Wildman–Crippen MR) is 89.9 cm³/mol. The van der Waals surface area contributed by atoms with E-state index >= 15 is 0 Å². The number of rotatable bonds is 4. The van der Waals surface area contributed by atoms with E-state index in [1.807, 2.05) is 0 Å². The molecule has 1 saturated heterocycles. The van der Waals surface area contributed by atoms with Crippen LogP contribution in [0.15, 0.2) is 0 Å². The van der Waals surface area contributed by atoms with Crippen molar-refractivity contribution in [2.45, 2.75) is 90.9 Å². The van der Waals surface area contributed by atoms with E-state index in [4.69, 9.17) is 0 Å². The minimum absolute atomic E-state index is 0.644. The van der Waals surface area contributed by atoms with Crippen molar-refractivity contribution in [1.82, 2.24) is 4.90 Å². The van der Waals surface area contributed by atoms with Crippen LogP contribution in [0.1, 0.15) is 62.3 Å². The summed E-state index contributed by atoms with van der Waals surface area (Å²) in [5.41, 5.74) is 0. The molecule has 0 radical (unpaired) electrons. The Morgan fingerprint density at radius 3 is 1.53 bits per heavy atom. The highest BCUT2D eigenvalue weighted by Crippen LogP contribution is 2.44. The molecule has 114 valence electrons. The molecule has 0 bridgehead atoms. The summed E-state index contributed by atoms with van der Waals surface area (Å²) in [6.45, 7) is 21.6. The second kappa shape index (κ2) is 6.85. The van der Waals surface area contributed by atoms with Gasteiger partial charge in [-0.1, -0.05) is 41.5 Å². The molecule has 0 aromatic carbocycles. The SMILES string of the molecule is CC(C)C1SC(C(C)C)C(C(C)C)N(C(C)C)C1C. The molecule has 1 fully saturated rings. The largest absolute Gasteiger partial charge is 0.293 e. The standard InChI is InChI=1S/C17H35NS/c1-10(2)15-17(12(5)6)19-16(11(3)4)14(9)18(15)13(7)8/h10-17H,1-9H3. The number of hydrogen-bond acceptors (Lipinski definition) is 2. The van der Waals surface area contributed by atoms with E-state index < -0.39 is 0 Å². The van der Waals surface area contributed by atoms with Gasteiger partial charge in [0.15, 0.2) is 0 Å². The third-order valence-electron chi connectivity index (χ3n) is 4.53. The molecule has 0 N–H and O–H groups in total. The van der Waals surface area contributed by atoms with Gasteiger partial charge in [0.1, 0.15) is 0 Å². The first kappa shape index (κ1) is 17.4. The van der Waals surface area contributed by atoms with Gasteiger partial charge < -0.3 is 0 Å². The van der Waals surface area contributed by atoms with Gasteiger partial charge in [0.05, 0.1) is 0 Å². The lowest BCUT2D eigenvalue weighted by atomic mass is 9.88. The highest BCUT2D eigenvalue weighted by Gasteiger charge is 2.45. The summed E-state index contributed by atoms with van der Waals surface area (Å²) in [4.78, 5) is 2.82. The van der Waals surface area contributed by atoms with Gasteiger partial charge in [-0.15, -0.1) is 0 Å². The first-order chi connectivity index (χ1) is 8.68. The van der Waals surface area contributed by atoms with Crippen LogP contribution < -0.4 is 0 Å². The maximum Gasteiger partial charge on any atom is 0.0246 e. The van der Waals surface area contributed by atoms with Crippen molar-refractivity contribution in [1.29, 1.82) is 0 Å². The van der Waals surface area contributed by atoms with Crippen molar-refractivity contribution in [3.8, 4) is 0 Å². The van der Waals surface area contributed by atoms with E-state index in [0.29, 0.717) is 12.1 Å². The lowest BCUT2D eigenvalue weighted by Crippen LogP contribution is -2.61. The van der Waals surface area contributed by atoms with Crippen LogP contribution in [0.4, 0.5) is 0 Å². The zero-order valence-corrected chi connectivity index (χ0v) is 15.3. The third kappa shape index (κ3) is 3.69. The molecule has 4 unspecified atom stereocenters. The van der Waals surface area contributed by atoms with E-state index in [-0.39, 0.29) is 0 Å². The van der Waals surface area contributed by atoms with Crippen LogP contribution in [-0.4, -0.2) is 33.5 Å². The van der Waals surface area contributed by atoms with Crippen LogP contribution in [-0.2, 0) is 0 Å². The van der Waals surface area contributed by atoms with Crippen LogP contribution in [0, 0.1) is 17.8 Å². The maximum absolute atomic E-state index is 2.82. The molecule has 0 amide bonds. The number of thioether (sulfide) groups is 1. The normalized spacial score (nSPS) is 33.9. The second-order valence-corrected chi connectivity index (χ2v) is 8.93.